The Balaban J connectivity index is 0.810. The number of hydrogen-bond donors (Lipinski definition) is 3. The molecule has 76 heavy (non-hydrogen) atoms. The van der Waals surface area contributed by atoms with Crippen LogP contribution >= 0.6 is 11.3 Å². The monoisotopic (exact) mass is 1070 g/mol. The minimum absolute atomic E-state index is 0.0456. The molecule has 3 amide bonds. The van der Waals surface area contributed by atoms with Gasteiger partial charge in [-0.2, -0.15) is 18.4 Å². The van der Waals surface area contributed by atoms with Gasteiger partial charge in [-0.05, 0) is 86.7 Å². The highest BCUT2D eigenvalue weighted by atomic mass is 32.1. The van der Waals surface area contributed by atoms with Gasteiger partial charge in [0.1, 0.15) is 41.9 Å². The number of aliphatic hydroxyl groups is 1. The zero-order valence-electron chi connectivity index (χ0n) is 44.2. The van der Waals surface area contributed by atoms with E-state index in [0.717, 1.165) is 38.7 Å². The summed E-state index contributed by atoms with van der Waals surface area (Å²) in [5.41, 5.74) is 2.52. The topological polar surface area (TPSA) is 176 Å². The number of β-amino-alcohol motifs (C(OH)–C–C–N with tert-alkyl or cyclic N) is 1. The van der Waals surface area contributed by atoms with Crippen LogP contribution in [0.5, 0.6) is 5.75 Å². The van der Waals surface area contributed by atoms with Gasteiger partial charge in [-0.15, -0.1) is 11.3 Å². The van der Waals surface area contributed by atoms with Crippen molar-refractivity contribution in [3.8, 4) is 22.3 Å². The number of halogens is 3. The summed E-state index contributed by atoms with van der Waals surface area (Å²) in [5, 5.41) is 26.6. The third kappa shape index (κ3) is 12.4. The lowest BCUT2D eigenvalue weighted by atomic mass is 9.85. The van der Waals surface area contributed by atoms with Crippen LogP contribution in [0.15, 0.2) is 96.9 Å². The molecule has 20 heteroatoms. The maximum absolute atomic E-state index is 14.5. The fourth-order valence-electron chi connectivity index (χ4n) is 10.4. The third-order valence-corrected chi connectivity index (χ3v) is 15.4. The molecule has 4 aromatic rings. The number of aliphatic hydroxyl groups excluding tert-OH is 1. The molecule has 6 atom stereocenters. The highest BCUT2D eigenvalue weighted by Crippen LogP contribution is 2.43. The summed E-state index contributed by atoms with van der Waals surface area (Å²) in [7, 11) is 0. The van der Waals surface area contributed by atoms with Gasteiger partial charge in [-0.3, -0.25) is 29.1 Å². The Morgan fingerprint density at radius 3 is 2.28 bits per heavy atom. The van der Waals surface area contributed by atoms with E-state index >= 15 is 0 Å². The minimum Gasteiger partial charge on any atom is -0.491 e. The largest absolute Gasteiger partial charge is 0.491 e. The fourth-order valence-corrected chi connectivity index (χ4v) is 11.2. The van der Waals surface area contributed by atoms with Crippen molar-refractivity contribution >= 4 is 40.4 Å². The summed E-state index contributed by atoms with van der Waals surface area (Å²) in [6.45, 7) is 26.7. The van der Waals surface area contributed by atoms with Crippen molar-refractivity contribution in [1.82, 2.24) is 30.3 Å². The maximum Gasteiger partial charge on any atom is 0.417 e. The summed E-state index contributed by atoms with van der Waals surface area (Å²) < 4.78 is 60.0. The molecule has 4 aliphatic heterocycles. The molecular formula is C56H68F3N9O7S. The predicted octanol–water partition coefficient (Wildman–Crippen LogP) is 7.25. The van der Waals surface area contributed by atoms with Crippen LogP contribution in [-0.4, -0.2) is 144 Å². The predicted molar refractivity (Wildman–Crippen MR) is 284 cm³/mol. The minimum atomic E-state index is -4.79. The number of carbonyl (C=O) groups excluding carboxylic acids is 3. The number of morpholine rings is 2. The molecule has 0 spiro atoms. The number of thiazole rings is 1. The Morgan fingerprint density at radius 1 is 0.974 bits per heavy atom. The fraction of sp³-hybridized carbons (Fsp3) is 0.482. The normalized spacial score (nSPS) is 22.3. The number of rotatable bonds is 16. The number of ether oxygens (including phenoxy) is 3. The number of nitrogens with zero attached hydrogens (tertiary/aromatic N) is 7. The highest BCUT2D eigenvalue weighted by Gasteiger charge is 2.50. The Morgan fingerprint density at radius 2 is 1.63 bits per heavy atom. The first kappa shape index (κ1) is 55.9. The van der Waals surface area contributed by atoms with Crippen LogP contribution in [0, 0.1) is 23.7 Å². The van der Waals surface area contributed by atoms with E-state index in [1.54, 1.807) is 60.4 Å². The first-order chi connectivity index (χ1) is 35.9. The van der Waals surface area contributed by atoms with Gasteiger partial charge in [0.25, 0.3) is 5.91 Å². The zero-order chi connectivity index (χ0) is 54.9. The third-order valence-electron chi connectivity index (χ3n) is 14.4. The van der Waals surface area contributed by atoms with Crippen molar-refractivity contribution < 1.29 is 46.9 Å². The standard InChI is InChI=1S/C56H68F3N9O7S/c1-34(62-50(54(5,6)7)52(71)66-28-43(69)25-48(66)51(70)63-35(2)38-10-12-39(13-11-38)49-36(3)61-33-76-49)27-64-20-22-73-45(29-64)30-65-21-23-74-46(31-65)32-75-44-18-16-41(17-19-44)68-37(4)67(53(72)55(68,8)9)42-15-14-40(26-60)47(24-42)56(57,58)59/h10-19,24,33,35,43,45-46,48,50,62,69H,1,4,20-23,25,27-32H2,2-3,5-9H3,(H,63,70)/t35-,43+,45?,46+,48-,50+/m0/s1. The number of anilines is 2. The molecule has 16 nitrogen and oxygen atoms in total. The first-order valence-electron chi connectivity index (χ1n) is 25.5. The Hall–Kier alpha value is -6.34. The number of likely N-dealkylation sites (tertiary alicyclic amines) is 1. The van der Waals surface area contributed by atoms with Crippen LogP contribution in [0.4, 0.5) is 24.5 Å². The van der Waals surface area contributed by atoms with Gasteiger partial charge in [-0.25, -0.2) is 4.98 Å². The lowest BCUT2D eigenvalue weighted by Crippen LogP contribution is -2.57. The van der Waals surface area contributed by atoms with Crippen molar-refractivity contribution in [2.75, 3.05) is 75.4 Å². The molecule has 0 aliphatic carbocycles. The van der Waals surface area contributed by atoms with E-state index in [9.17, 15) is 37.9 Å². The van der Waals surface area contributed by atoms with Gasteiger partial charge in [0, 0.05) is 63.6 Å². The molecule has 8 rings (SSSR count). The van der Waals surface area contributed by atoms with Crippen molar-refractivity contribution in [2.45, 2.75) is 103 Å². The molecule has 0 radical (unpaired) electrons. The van der Waals surface area contributed by atoms with Crippen molar-refractivity contribution in [3.63, 3.8) is 0 Å². The molecule has 4 aliphatic rings. The van der Waals surface area contributed by atoms with Gasteiger partial charge in [0.05, 0.1) is 70.4 Å². The lowest BCUT2D eigenvalue weighted by molar-refractivity contribution is -0.142. The van der Waals surface area contributed by atoms with Crippen LogP contribution in [0.25, 0.3) is 10.4 Å². The number of amides is 3. The van der Waals surface area contributed by atoms with Crippen LogP contribution in [0.3, 0.4) is 0 Å². The molecule has 406 valence electrons. The van der Waals surface area contributed by atoms with Crippen LogP contribution in [0.1, 0.15) is 76.4 Å². The number of aromatic nitrogens is 1. The van der Waals surface area contributed by atoms with Crippen LogP contribution in [0.2, 0.25) is 0 Å². The summed E-state index contributed by atoms with van der Waals surface area (Å²) in [5.74, 6) is -0.352. The van der Waals surface area contributed by atoms with Gasteiger partial charge in [-0.1, -0.05) is 58.2 Å². The van der Waals surface area contributed by atoms with Gasteiger partial charge in [0.15, 0.2) is 0 Å². The SMILES string of the molecule is C=C(CN1CCOC(CN2CCO[C@@H](COc3ccc(N4C(=C)N(c5ccc(C#N)c(C(F)(F)F)c5)C(=O)C4(C)C)cc3)C2)C1)N[C@H](C(=O)N1C[C@H](O)C[C@H]1C(=O)N[C@@H](C)c1ccc(-c2scnc2C)cc1)C(C)(C)C. The number of carbonyl (C=O) groups is 3. The second-order valence-corrected chi connectivity index (χ2v) is 22.5. The van der Waals surface area contributed by atoms with E-state index < -0.39 is 52.4 Å². The molecule has 0 bridgehead atoms. The number of aryl methyl sites for hydroxylation is 1. The number of alkyl halides is 3. The number of nitrogens with one attached hydrogen (secondary N) is 2. The average Bonchev–Trinajstić information content (AvgIpc) is 4.04. The summed E-state index contributed by atoms with van der Waals surface area (Å²) in [6.07, 6.45) is -5.83. The van der Waals surface area contributed by atoms with Crippen molar-refractivity contribution in [1.29, 1.82) is 5.26 Å². The quantitative estimate of drug-likeness (QED) is 0.102. The van der Waals surface area contributed by atoms with Crippen molar-refractivity contribution in [3.05, 3.63) is 119 Å². The first-order valence-corrected chi connectivity index (χ1v) is 26.4. The van der Waals surface area contributed by atoms with E-state index in [1.807, 2.05) is 64.4 Å². The zero-order valence-corrected chi connectivity index (χ0v) is 45.0. The van der Waals surface area contributed by atoms with E-state index in [2.05, 4.69) is 38.6 Å². The molecular weight excluding hydrogens is 1000 g/mol. The van der Waals surface area contributed by atoms with Crippen LogP contribution < -0.4 is 25.2 Å². The molecule has 1 unspecified atom stereocenters. The number of nitriles is 1. The van der Waals surface area contributed by atoms with Gasteiger partial charge in [0.2, 0.25) is 11.8 Å². The molecule has 5 heterocycles. The second-order valence-electron chi connectivity index (χ2n) is 21.6. The molecule has 4 saturated heterocycles. The molecule has 4 fully saturated rings. The van der Waals surface area contributed by atoms with E-state index in [1.165, 1.54) is 11.0 Å². The summed E-state index contributed by atoms with van der Waals surface area (Å²) >= 11 is 1.58. The van der Waals surface area contributed by atoms with Crippen LogP contribution in [-0.2, 0) is 30.0 Å². The number of benzene rings is 3. The number of hydrogen-bond acceptors (Lipinski definition) is 14. The summed E-state index contributed by atoms with van der Waals surface area (Å²) in [6, 6.07) is 17.9. The lowest BCUT2D eigenvalue weighted by Gasteiger charge is -2.40. The molecule has 3 aromatic carbocycles. The summed E-state index contributed by atoms with van der Waals surface area (Å²) in [4.78, 5) is 56.3. The van der Waals surface area contributed by atoms with Gasteiger partial charge >= 0.3 is 6.18 Å². The van der Waals surface area contributed by atoms with Gasteiger partial charge < -0.3 is 39.8 Å². The second kappa shape index (κ2) is 22.7. The van der Waals surface area contributed by atoms with E-state index in [0.29, 0.717) is 69.6 Å². The van der Waals surface area contributed by atoms with Crippen molar-refractivity contribution in [2.24, 2.45) is 5.41 Å². The molecule has 0 saturated carbocycles. The highest BCUT2D eigenvalue weighted by molar-refractivity contribution is 7.13. The maximum atomic E-state index is 14.5. The van der Waals surface area contributed by atoms with E-state index in [4.69, 9.17) is 14.2 Å². The molecule has 1 aromatic heterocycles. The average molecular weight is 1070 g/mol. The Kier molecular flexibility index (Phi) is 16.7. The molecule has 3 N–H and O–H groups in total. The Bertz CT molecular complexity index is 2830. The van der Waals surface area contributed by atoms with E-state index in [-0.39, 0.29) is 61.1 Å². The smallest absolute Gasteiger partial charge is 0.417 e. The Labute approximate surface area is 446 Å².